The van der Waals surface area contributed by atoms with E-state index in [2.05, 4.69) is 42.5 Å². The first-order chi connectivity index (χ1) is 12.8. The number of hydrogen-bond donors (Lipinski definition) is 1. The third kappa shape index (κ3) is 8.37. The van der Waals surface area contributed by atoms with E-state index in [1.54, 1.807) is 0 Å². The molecule has 2 aromatic carbocycles. The van der Waals surface area contributed by atoms with E-state index in [9.17, 15) is 4.79 Å². The van der Waals surface area contributed by atoms with E-state index in [0.29, 0.717) is 6.42 Å². The molecular formula is C23H32O3. The lowest BCUT2D eigenvalue weighted by atomic mass is 10.1. The molecule has 0 amide bonds. The van der Waals surface area contributed by atoms with Crippen LogP contribution in [0, 0.1) is 0 Å². The van der Waals surface area contributed by atoms with Gasteiger partial charge < -0.3 is 9.84 Å². The average Bonchev–Trinajstić information content (AvgIpc) is 2.65. The predicted octanol–water partition coefficient (Wildman–Crippen LogP) is 6.59. The van der Waals surface area contributed by atoms with E-state index >= 15 is 0 Å². The minimum absolute atomic E-state index is 0.321. The van der Waals surface area contributed by atoms with Gasteiger partial charge in [-0.1, -0.05) is 81.7 Å². The summed E-state index contributed by atoms with van der Waals surface area (Å²) in [6.45, 7) is 0.794. The SMILES string of the molecule is O=C(O)CCCCCCCCCCCCOc1ccc2ccccc2c1. The van der Waals surface area contributed by atoms with E-state index in [1.807, 2.05) is 0 Å². The zero-order valence-electron chi connectivity index (χ0n) is 15.8. The van der Waals surface area contributed by atoms with Crippen molar-refractivity contribution in [3.05, 3.63) is 42.5 Å². The van der Waals surface area contributed by atoms with Crippen LogP contribution in [0.1, 0.15) is 70.6 Å². The van der Waals surface area contributed by atoms with Gasteiger partial charge in [0, 0.05) is 6.42 Å². The Bertz CT molecular complexity index is 651. The monoisotopic (exact) mass is 356 g/mol. The third-order valence-electron chi connectivity index (χ3n) is 4.77. The molecule has 3 nitrogen and oxygen atoms in total. The van der Waals surface area contributed by atoms with Crippen molar-refractivity contribution in [2.45, 2.75) is 70.6 Å². The highest BCUT2D eigenvalue weighted by Crippen LogP contribution is 2.21. The highest BCUT2D eigenvalue weighted by molar-refractivity contribution is 5.83. The lowest BCUT2D eigenvalue weighted by Gasteiger charge is -2.07. The number of aliphatic carboxylic acids is 1. The summed E-state index contributed by atoms with van der Waals surface area (Å²) in [5.74, 6) is 0.293. The van der Waals surface area contributed by atoms with E-state index in [-0.39, 0.29) is 0 Å². The van der Waals surface area contributed by atoms with Crippen LogP contribution in [-0.4, -0.2) is 17.7 Å². The third-order valence-corrected chi connectivity index (χ3v) is 4.77. The summed E-state index contributed by atoms with van der Waals surface area (Å²) in [5, 5.41) is 11.1. The van der Waals surface area contributed by atoms with Crippen molar-refractivity contribution in [2.24, 2.45) is 0 Å². The number of carboxylic acids is 1. The molecule has 0 saturated carbocycles. The maximum Gasteiger partial charge on any atom is 0.303 e. The van der Waals surface area contributed by atoms with Crippen LogP contribution in [0.4, 0.5) is 0 Å². The van der Waals surface area contributed by atoms with Gasteiger partial charge in [-0.15, -0.1) is 0 Å². The van der Waals surface area contributed by atoms with Crippen molar-refractivity contribution < 1.29 is 14.6 Å². The second kappa shape index (κ2) is 12.3. The Morgan fingerprint density at radius 2 is 1.31 bits per heavy atom. The molecule has 0 aliphatic heterocycles. The van der Waals surface area contributed by atoms with Gasteiger partial charge >= 0.3 is 5.97 Å². The quantitative estimate of drug-likeness (QED) is 0.388. The summed E-state index contributed by atoms with van der Waals surface area (Å²) >= 11 is 0. The standard InChI is InChI=1S/C23H32O3/c24-23(25)15-9-7-5-3-1-2-4-6-8-12-18-26-22-17-16-20-13-10-11-14-21(20)19-22/h10-11,13-14,16-17,19H,1-9,12,15,18H2,(H,24,25). The Balaban J connectivity index is 1.41. The van der Waals surface area contributed by atoms with Gasteiger partial charge in [0.15, 0.2) is 0 Å². The topological polar surface area (TPSA) is 46.5 Å². The smallest absolute Gasteiger partial charge is 0.303 e. The van der Waals surface area contributed by atoms with Gasteiger partial charge in [-0.05, 0) is 35.7 Å². The minimum atomic E-state index is -0.672. The predicted molar refractivity (Wildman–Crippen MR) is 108 cm³/mol. The molecule has 3 heteroatoms. The minimum Gasteiger partial charge on any atom is -0.494 e. The highest BCUT2D eigenvalue weighted by atomic mass is 16.5. The van der Waals surface area contributed by atoms with Crippen LogP contribution in [0.2, 0.25) is 0 Å². The van der Waals surface area contributed by atoms with Crippen LogP contribution in [0.5, 0.6) is 5.75 Å². The zero-order chi connectivity index (χ0) is 18.5. The maximum absolute atomic E-state index is 10.4. The van der Waals surface area contributed by atoms with Gasteiger partial charge in [0.25, 0.3) is 0 Å². The Hall–Kier alpha value is -2.03. The molecule has 1 N–H and O–H groups in total. The van der Waals surface area contributed by atoms with Crippen LogP contribution in [0.25, 0.3) is 10.8 Å². The fraction of sp³-hybridized carbons (Fsp3) is 0.522. The summed E-state index contributed by atoms with van der Waals surface area (Å²) in [5.41, 5.74) is 0. The molecule has 0 bridgehead atoms. The summed E-state index contributed by atoms with van der Waals surface area (Å²) in [6.07, 6.45) is 12.1. The molecule has 142 valence electrons. The second-order valence-electron chi connectivity index (χ2n) is 7.04. The summed E-state index contributed by atoms with van der Waals surface area (Å²) in [7, 11) is 0. The first-order valence-electron chi connectivity index (χ1n) is 10.1. The van der Waals surface area contributed by atoms with Gasteiger partial charge in [0.1, 0.15) is 5.75 Å². The van der Waals surface area contributed by atoms with Crippen molar-refractivity contribution in [3.8, 4) is 5.75 Å². The molecule has 0 heterocycles. The second-order valence-corrected chi connectivity index (χ2v) is 7.04. The number of benzene rings is 2. The van der Waals surface area contributed by atoms with Crippen LogP contribution >= 0.6 is 0 Å². The van der Waals surface area contributed by atoms with Crippen molar-refractivity contribution in [3.63, 3.8) is 0 Å². The first-order valence-corrected chi connectivity index (χ1v) is 10.1. The molecule has 0 aliphatic carbocycles. The number of carbonyl (C=O) groups is 1. The summed E-state index contributed by atoms with van der Waals surface area (Å²) < 4.78 is 5.87. The average molecular weight is 357 g/mol. The molecule has 2 aromatic rings. The fourth-order valence-electron chi connectivity index (χ4n) is 3.24. The van der Waals surface area contributed by atoms with Gasteiger partial charge in [0.05, 0.1) is 6.61 Å². The molecule has 0 radical (unpaired) electrons. The number of ether oxygens (including phenoxy) is 1. The molecule has 2 rings (SSSR count). The van der Waals surface area contributed by atoms with Gasteiger partial charge in [0.2, 0.25) is 0 Å². The molecule has 26 heavy (non-hydrogen) atoms. The van der Waals surface area contributed by atoms with Gasteiger partial charge in [-0.25, -0.2) is 0 Å². The largest absolute Gasteiger partial charge is 0.494 e. The lowest BCUT2D eigenvalue weighted by molar-refractivity contribution is -0.137. The van der Waals surface area contributed by atoms with Crippen molar-refractivity contribution in [1.29, 1.82) is 0 Å². The molecule has 0 atom stereocenters. The lowest BCUT2D eigenvalue weighted by Crippen LogP contribution is -1.97. The van der Waals surface area contributed by atoms with Crippen LogP contribution < -0.4 is 4.74 Å². The number of carboxylic acid groups (broad SMARTS) is 1. The maximum atomic E-state index is 10.4. The first kappa shape index (κ1) is 20.3. The van der Waals surface area contributed by atoms with E-state index in [1.165, 1.54) is 55.7 Å². The Morgan fingerprint density at radius 1 is 0.731 bits per heavy atom. The van der Waals surface area contributed by atoms with E-state index in [0.717, 1.165) is 31.6 Å². The molecule has 0 aliphatic rings. The fourth-order valence-corrected chi connectivity index (χ4v) is 3.24. The normalized spacial score (nSPS) is 10.9. The number of hydrogen-bond acceptors (Lipinski definition) is 2. The van der Waals surface area contributed by atoms with Crippen LogP contribution in [-0.2, 0) is 4.79 Å². The van der Waals surface area contributed by atoms with Crippen LogP contribution in [0.3, 0.4) is 0 Å². The Morgan fingerprint density at radius 3 is 1.96 bits per heavy atom. The summed E-state index contributed by atoms with van der Waals surface area (Å²) in [4.78, 5) is 10.4. The van der Waals surface area contributed by atoms with Gasteiger partial charge in [-0.2, -0.15) is 0 Å². The molecular weight excluding hydrogens is 324 g/mol. The number of unbranched alkanes of at least 4 members (excludes halogenated alkanes) is 9. The molecule has 0 saturated heterocycles. The molecule has 0 spiro atoms. The molecule has 0 unspecified atom stereocenters. The van der Waals surface area contributed by atoms with Crippen molar-refractivity contribution in [1.82, 2.24) is 0 Å². The van der Waals surface area contributed by atoms with Crippen molar-refractivity contribution >= 4 is 16.7 Å². The summed E-state index contributed by atoms with van der Waals surface area (Å²) in [6, 6.07) is 14.6. The van der Waals surface area contributed by atoms with E-state index in [4.69, 9.17) is 9.84 Å². The Kier molecular flexibility index (Phi) is 9.63. The molecule has 0 aromatic heterocycles. The van der Waals surface area contributed by atoms with E-state index < -0.39 is 5.97 Å². The van der Waals surface area contributed by atoms with Crippen molar-refractivity contribution in [2.75, 3.05) is 6.61 Å². The van der Waals surface area contributed by atoms with Crippen LogP contribution in [0.15, 0.2) is 42.5 Å². The highest BCUT2D eigenvalue weighted by Gasteiger charge is 1.98. The molecule has 0 fully saturated rings. The Labute approximate surface area is 157 Å². The van der Waals surface area contributed by atoms with Gasteiger partial charge in [-0.3, -0.25) is 4.79 Å². The number of rotatable bonds is 14. The zero-order valence-corrected chi connectivity index (χ0v) is 15.8. The number of fused-ring (bicyclic) bond motifs is 1.